The van der Waals surface area contributed by atoms with Gasteiger partial charge in [-0.25, -0.2) is 4.79 Å². The summed E-state index contributed by atoms with van der Waals surface area (Å²) in [5, 5.41) is 16.9. The number of rotatable bonds is 15. The molecule has 0 aromatic rings. The predicted molar refractivity (Wildman–Crippen MR) is 118 cm³/mol. The van der Waals surface area contributed by atoms with Crippen LogP contribution in [0.5, 0.6) is 0 Å². The van der Waals surface area contributed by atoms with Gasteiger partial charge in [-0.1, -0.05) is 34.1 Å². The van der Waals surface area contributed by atoms with Crippen LogP contribution in [-0.2, 0) is 19.2 Å². The lowest BCUT2D eigenvalue weighted by Crippen LogP contribution is -2.58. The molecule has 0 spiro atoms. The van der Waals surface area contributed by atoms with Crippen molar-refractivity contribution in [3.63, 3.8) is 0 Å². The van der Waals surface area contributed by atoms with Gasteiger partial charge in [-0.2, -0.15) is 0 Å². The number of carbonyl (C=O) groups is 4. The van der Waals surface area contributed by atoms with Crippen molar-refractivity contribution in [3.8, 4) is 0 Å². The Bertz CT molecular complexity index is 601. The Balaban J connectivity index is 5.27. The van der Waals surface area contributed by atoms with Crippen molar-refractivity contribution in [1.82, 2.24) is 16.0 Å². The number of carboxylic acids is 1. The number of aliphatic carboxylic acids is 1. The van der Waals surface area contributed by atoms with Crippen molar-refractivity contribution in [1.29, 1.82) is 0 Å². The highest BCUT2D eigenvalue weighted by atomic mass is 16.4. The summed E-state index contributed by atoms with van der Waals surface area (Å²) >= 11 is 0. The fraction of sp³-hybridized carbons (Fsp3) is 0.800. The lowest BCUT2D eigenvalue weighted by molar-refractivity contribution is -0.142. The molecule has 0 aliphatic carbocycles. The first-order valence-electron chi connectivity index (χ1n) is 10.8. The smallest absolute Gasteiger partial charge is 0.326 e. The predicted octanol–water partition coefficient (Wildman–Crippen LogP) is -1.36. The van der Waals surface area contributed by atoms with Crippen LogP contribution in [0.4, 0.5) is 0 Å². The molecule has 3 amide bonds. The average Bonchev–Trinajstić information content (AvgIpc) is 2.70. The molecule has 11 nitrogen and oxygen atoms in total. The number of hydrogen-bond donors (Lipinski definition) is 7. The zero-order valence-electron chi connectivity index (χ0n) is 19.0. The van der Waals surface area contributed by atoms with Crippen LogP contribution in [0.2, 0.25) is 0 Å². The van der Waals surface area contributed by atoms with Crippen LogP contribution in [-0.4, -0.2) is 66.1 Å². The van der Waals surface area contributed by atoms with Gasteiger partial charge in [0.15, 0.2) is 0 Å². The second-order valence-electron chi connectivity index (χ2n) is 8.22. The number of amides is 3. The first kappa shape index (κ1) is 28.8. The van der Waals surface area contributed by atoms with E-state index in [1.807, 2.05) is 27.7 Å². The quantitative estimate of drug-likeness (QED) is 0.160. The van der Waals surface area contributed by atoms with Gasteiger partial charge in [0.1, 0.15) is 18.1 Å². The first-order chi connectivity index (χ1) is 14.5. The molecule has 0 aliphatic heterocycles. The second-order valence-corrected chi connectivity index (χ2v) is 8.22. The Morgan fingerprint density at radius 1 is 0.806 bits per heavy atom. The summed E-state index contributed by atoms with van der Waals surface area (Å²) in [4.78, 5) is 49.2. The molecule has 10 N–H and O–H groups in total. The van der Waals surface area contributed by atoms with Crippen molar-refractivity contribution < 1.29 is 24.3 Å². The molecule has 0 aromatic heterocycles. The summed E-state index contributed by atoms with van der Waals surface area (Å²) < 4.78 is 0. The molecule has 0 saturated heterocycles. The molecule has 0 fully saturated rings. The van der Waals surface area contributed by atoms with E-state index in [1.54, 1.807) is 0 Å². The maximum absolute atomic E-state index is 12.8. The minimum Gasteiger partial charge on any atom is -0.480 e. The Kier molecular flexibility index (Phi) is 13.6. The second kappa shape index (κ2) is 14.7. The van der Waals surface area contributed by atoms with Gasteiger partial charge in [-0.3, -0.25) is 14.4 Å². The highest BCUT2D eigenvalue weighted by Crippen LogP contribution is 2.07. The largest absolute Gasteiger partial charge is 0.480 e. The number of nitrogens with one attached hydrogen (secondary N) is 3. The van der Waals surface area contributed by atoms with Gasteiger partial charge >= 0.3 is 5.97 Å². The zero-order valence-corrected chi connectivity index (χ0v) is 19.0. The summed E-state index contributed by atoms with van der Waals surface area (Å²) in [6, 6.07) is -3.90. The van der Waals surface area contributed by atoms with Crippen LogP contribution in [0, 0.1) is 11.8 Å². The number of carbonyl (C=O) groups excluding carboxylic acids is 3. The molecule has 11 heteroatoms. The number of hydrogen-bond acceptors (Lipinski definition) is 7. The number of nitrogens with two attached hydrogens (primary N) is 3. The van der Waals surface area contributed by atoms with E-state index in [4.69, 9.17) is 17.2 Å². The molecule has 0 aromatic carbocycles. The standard InChI is InChI=1S/C20H40N6O5/c1-5-12(4)16(23)19(29)25-14(7-9-22)17(27)24-13(6-8-21)18(28)26-15(20(30)31)10-11(2)3/h11-16H,5-10,21-23H2,1-4H3,(H,24,27)(H,25,29)(H,26,28)(H,30,31)/t12-,13-,14-,15-,16-/m0/s1. The van der Waals surface area contributed by atoms with E-state index in [1.165, 1.54) is 0 Å². The van der Waals surface area contributed by atoms with Gasteiger partial charge in [0, 0.05) is 0 Å². The maximum atomic E-state index is 12.8. The molecule has 31 heavy (non-hydrogen) atoms. The topological polar surface area (TPSA) is 203 Å². The van der Waals surface area contributed by atoms with Crippen molar-refractivity contribution in [3.05, 3.63) is 0 Å². The first-order valence-corrected chi connectivity index (χ1v) is 10.8. The lowest BCUT2D eigenvalue weighted by atomic mass is 9.99. The average molecular weight is 445 g/mol. The molecule has 5 atom stereocenters. The van der Waals surface area contributed by atoms with Gasteiger partial charge in [0.2, 0.25) is 17.7 Å². The molecular weight excluding hydrogens is 404 g/mol. The Morgan fingerprint density at radius 3 is 1.58 bits per heavy atom. The van der Waals surface area contributed by atoms with Crippen molar-refractivity contribution in [2.75, 3.05) is 13.1 Å². The van der Waals surface area contributed by atoms with Crippen molar-refractivity contribution >= 4 is 23.7 Å². The molecule has 180 valence electrons. The Labute approximate surface area is 184 Å². The van der Waals surface area contributed by atoms with Crippen LogP contribution in [0.3, 0.4) is 0 Å². The summed E-state index contributed by atoms with van der Waals surface area (Å²) in [6.45, 7) is 7.63. The fourth-order valence-electron chi connectivity index (χ4n) is 2.89. The molecule has 0 rings (SSSR count). The van der Waals surface area contributed by atoms with Crippen LogP contribution in [0.1, 0.15) is 53.4 Å². The summed E-state index contributed by atoms with van der Waals surface area (Å²) in [5.74, 6) is -2.94. The van der Waals surface area contributed by atoms with Crippen LogP contribution < -0.4 is 33.2 Å². The minimum atomic E-state index is -1.16. The highest BCUT2D eigenvalue weighted by molar-refractivity contribution is 5.94. The Morgan fingerprint density at radius 2 is 1.23 bits per heavy atom. The molecule has 0 radical (unpaired) electrons. The highest BCUT2D eigenvalue weighted by Gasteiger charge is 2.30. The van der Waals surface area contributed by atoms with Gasteiger partial charge in [-0.15, -0.1) is 0 Å². The van der Waals surface area contributed by atoms with Crippen molar-refractivity contribution in [2.45, 2.75) is 77.5 Å². The van der Waals surface area contributed by atoms with E-state index < -0.39 is 47.9 Å². The van der Waals surface area contributed by atoms with Crippen LogP contribution >= 0.6 is 0 Å². The summed E-state index contributed by atoms with van der Waals surface area (Å²) in [5.41, 5.74) is 17.1. The molecule has 0 saturated carbocycles. The summed E-state index contributed by atoms with van der Waals surface area (Å²) in [6.07, 6.45) is 1.18. The zero-order chi connectivity index (χ0) is 24.1. The van der Waals surface area contributed by atoms with Gasteiger partial charge < -0.3 is 38.3 Å². The van der Waals surface area contributed by atoms with Gasteiger partial charge in [0.05, 0.1) is 6.04 Å². The van der Waals surface area contributed by atoms with E-state index in [-0.39, 0.29) is 44.2 Å². The van der Waals surface area contributed by atoms with E-state index >= 15 is 0 Å². The monoisotopic (exact) mass is 444 g/mol. The van der Waals surface area contributed by atoms with E-state index in [2.05, 4.69) is 16.0 Å². The van der Waals surface area contributed by atoms with E-state index in [9.17, 15) is 24.3 Å². The fourth-order valence-corrected chi connectivity index (χ4v) is 2.89. The minimum absolute atomic E-state index is 0.0443. The van der Waals surface area contributed by atoms with Crippen molar-refractivity contribution in [2.24, 2.45) is 29.0 Å². The molecule has 0 unspecified atom stereocenters. The SMILES string of the molecule is CC[C@H](C)[C@H](N)C(=O)N[C@@H](CCN)C(=O)N[C@@H](CCN)C(=O)N[C@@H](CC(C)C)C(=O)O. The molecule has 0 bridgehead atoms. The molecule has 0 heterocycles. The van der Waals surface area contributed by atoms with Gasteiger partial charge in [-0.05, 0) is 44.2 Å². The van der Waals surface area contributed by atoms with Crippen LogP contribution in [0.25, 0.3) is 0 Å². The van der Waals surface area contributed by atoms with Crippen LogP contribution in [0.15, 0.2) is 0 Å². The third-order valence-electron chi connectivity index (χ3n) is 5.06. The maximum Gasteiger partial charge on any atom is 0.326 e. The van der Waals surface area contributed by atoms with Gasteiger partial charge in [0.25, 0.3) is 0 Å². The molecule has 0 aliphatic rings. The molecular formula is C20H40N6O5. The van der Waals surface area contributed by atoms with E-state index in [0.29, 0.717) is 6.42 Å². The third kappa shape index (κ3) is 10.6. The third-order valence-corrected chi connectivity index (χ3v) is 5.06. The number of carboxylic acid groups (broad SMARTS) is 1. The normalized spacial score (nSPS) is 16.0. The Hall–Kier alpha value is -2.24. The summed E-state index contributed by atoms with van der Waals surface area (Å²) in [7, 11) is 0. The van der Waals surface area contributed by atoms with E-state index in [0.717, 1.165) is 0 Å². The lowest BCUT2D eigenvalue weighted by Gasteiger charge is -2.26.